The van der Waals surface area contributed by atoms with Crippen LogP contribution >= 0.6 is 0 Å². The average molecular weight is 437 g/mol. The molecule has 4 aliphatic carbocycles. The fraction of sp³-hybridized carbons (Fsp3) is 1.00. The Morgan fingerprint density at radius 2 is 1.55 bits per heavy atom. The van der Waals surface area contributed by atoms with E-state index in [0.29, 0.717) is 41.4 Å². The van der Waals surface area contributed by atoms with E-state index in [2.05, 4.69) is 27.7 Å². The third-order valence-electron chi connectivity index (χ3n) is 11.0. The Bertz CT molecular complexity index is 624. The lowest BCUT2D eigenvalue weighted by Gasteiger charge is -2.62. The lowest BCUT2D eigenvalue weighted by Crippen LogP contribution is -2.58. The highest BCUT2D eigenvalue weighted by atomic mass is 16.3. The molecule has 0 amide bonds. The quantitative estimate of drug-likeness (QED) is 0.498. The SMILES string of the molecule is CC(CO)CCCC(C)C1C(O)CC2C3C(O)CC4CC(O)CCC4(C)C3CCC21C. The molecule has 4 aliphatic rings. The highest BCUT2D eigenvalue weighted by Gasteiger charge is 2.64. The summed E-state index contributed by atoms with van der Waals surface area (Å²) in [6.45, 7) is 9.57. The summed E-state index contributed by atoms with van der Waals surface area (Å²) >= 11 is 0. The molecule has 4 heteroatoms. The number of aliphatic hydroxyl groups is 4. The van der Waals surface area contributed by atoms with Gasteiger partial charge in [-0.05, 0) is 104 Å². The van der Waals surface area contributed by atoms with Crippen molar-refractivity contribution in [3.63, 3.8) is 0 Å². The van der Waals surface area contributed by atoms with Crippen LogP contribution in [0.15, 0.2) is 0 Å². The second-order valence-electron chi connectivity index (χ2n) is 12.8. The van der Waals surface area contributed by atoms with Gasteiger partial charge in [-0.1, -0.05) is 40.5 Å². The number of hydrogen-bond acceptors (Lipinski definition) is 4. The lowest BCUT2D eigenvalue weighted by molar-refractivity contribution is -0.174. The summed E-state index contributed by atoms with van der Waals surface area (Å²) in [7, 11) is 0. The third-order valence-corrected chi connectivity index (χ3v) is 11.0. The van der Waals surface area contributed by atoms with Crippen LogP contribution in [0.4, 0.5) is 0 Å². The Kier molecular flexibility index (Phi) is 6.88. The molecular weight excluding hydrogens is 388 g/mol. The van der Waals surface area contributed by atoms with Gasteiger partial charge in [-0.15, -0.1) is 0 Å². The first-order chi connectivity index (χ1) is 14.6. The van der Waals surface area contributed by atoms with Crippen LogP contribution in [-0.2, 0) is 0 Å². The van der Waals surface area contributed by atoms with Gasteiger partial charge in [0, 0.05) is 6.61 Å². The van der Waals surface area contributed by atoms with Gasteiger partial charge in [0.05, 0.1) is 18.3 Å². The molecule has 0 aromatic carbocycles. The van der Waals surface area contributed by atoms with E-state index in [-0.39, 0.29) is 35.7 Å². The minimum Gasteiger partial charge on any atom is -0.396 e. The molecule has 0 aromatic rings. The molecule has 12 atom stereocenters. The maximum atomic E-state index is 11.4. The Morgan fingerprint density at radius 1 is 0.839 bits per heavy atom. The van der Waals surface area contributed by atoms with E-state index in [1.54, 1.807) is 0 Å². The number of hydrogen-bond donors (Lipinski definition) is 4. The van der Waals surface area contributed by atoms with Crippen LogP contribution in [0.1, 0.15) is 91.9 Å². The Balaban J connectivity index is 1.52. The molecule has 0 heterocycles. The van der Waals surface area contributed by atoms with E-state index in [0.717, 1.165) is 64.2 Å². The summed E-state index contributed by atoms with van der Waals surface area (Å²) in [5.41, 5.74) is 0.348. The first-order valence-electron chi connectivity index (χ1n) is 13.3. The molecule has 0 saturated heterocycles. The maximum Gasteiger partial charge on any atom is 0.0579 e. The fourth-order valence-electron chi connectivity index (χ4n) is 9.34. The van der Waals surface area contributed by atoms with Gasteiger partial charge in [0.2, 0.25) is 0 Å². The largest absolute Gasteiger partial charge is 0.396 e. The van der Waals surface area contributed by atoms with Crippen molar-refractivity contribution in [2.24, 2.45) is 52.3 Å². The Labute approximate surface area is 189 Å². The summed E-state index contributed by atoms with van der Waals surface area (Å²) in [6, 6.07) is 0. The molecule has 180 valence electrons. The molecule has 31 heavy (non-hydrogen) atoms. The zero-order chi connectivity index (χ0) is 22.6. The molecule has 0 aromatic heterocycles. The van der Waals surface area contributed by atoms with Crippen LogP contribution in [0.2, 0.25) is 0 Å². The first-order valence-corrected chi connectivity index (χ1v) is 13.3. The van der Waals surface area contributed by atoms with Crippen molar-refractivity contribution < 1.29 is 20.4 Å². The molecule has 0 radical (unpaired) electrons. The second kappa shape index (κ2) is 8.89. The van der Waals surface area contributed by atoms with E-state index in [4.69, 9.17) is 0 Å². The van der Waals surface area contributed by atoms with Crippen molar-refractivity contribution >= 4 is 0 Å². The summed E-state index contributed by atoms with van der Waals surface area (Å²) in [6.07, 6.45) is 9.39. The first kappa shape index (κ1) is 24.0. The molecular formula is C27H48O4. The van der Waals surface area contributed by atoms with Crippen LogP contribution < -0.4 is 0 Å². The van der Waals surface area contributed by atoms with Gasteiger partial charge in [-0.3, -0.25) is 0 Å². The van der Waals surface area contributed by atoms with Crippen molar-refractivity contribution in [3.8, 4) is 0 Å². The maximum absolute atomic E-state index is 11.4. The lowest BCUT2D eigenvalue weighted by atomic mass is 9.43. The smallest absolute Gasteiger partial charge is 0.0579 e. The van der Waals surface area contributed by atoms with Gasteiger partial charge < -0.3 is 20.4 Å². The van der Waals surface area contributed by atoms with E-state index in [1.165, 1.54) is 0 Å². The van der Waals surface area contributed by atoms with Gasteiger partial charge in [-0.25, -0.2) is 0 Å². The molecule has 0 bridgehead atoms. The monoisotopic (exact) mass is 436 g/mol. The van der Waals surface area contributed by atoms with Gasteiger partial charge in [0.15, 0.2) is 0 Å². The average Bonchev–Trinajstić information content (AvgIpc) is 2.99. The molecule has 4 rings (SSSR count). The standard InChI is InChI=1S/C27H48O4/c1-16(15-28)6-5-7-17(2)25-23(31)14-21-24-20(9-11-27(21,25)4)26(3)10-8-19(29)12-18(26)13-22(24)30/h16-25,28-31H,5-15H2,1-4H3. The molecule has 12 unspecified atom stereocenters. The molecule has 0 aliphatic heterocycles. The van der Waals surface area contributed by atoms with Crippen LogP contribution in [-0.4, -0.2) is 45.3 Å². The predicted octanol–water partition coefficient (Wildman–Crippen LogP) is 4.38. The number of aliphatic hydroxyl groups excluding tert-OH is 4. The summed E-state index contributed by atoms with van der Waals surface area (Å²) in [5.74, 6) is 2.82. The molecule has 4 saturated carbocycles. The number of fused-ring (bicyclic) bond motifs is 5. The van der Waals surface area contributed by atoms with Crippen LogP contribution in [0.5, 0.6) is 0 Å². The molecule has 4 N–H and O–H groups in total. The van der Waals surface area contributed by atoms with Crippen molar-refractivity contribution in [1.29, 1.82) is 0 Å². The summed E-state index contributed by atoms with van der Waals surface area (Å²) < 4.78 is 0. The number of rotatable bonds is 6. The van der Waals surface area contributed by atoms with E-state index in [9.17, 15) is 20.4 Å². The predicted molar refractivity (Wildman–Crippen MR) is 123 cm³/mol. The van der Waals surface area contributed by atoms with E-state index in [1.807, 2.05) is 0 Å². The van der Waals surface area contributed by atoms with Crippen molar-refractivity contribution in [1.82, 2.24) is 0 Å². The molecule has 4 nitrogen and oxygen atoms in total. The van der Waals surface area contributed by atoms with Crippen molar-refractivity contribution in [3.05, 3.63) is 0 Å². The summed E-state index contributed by atoms with van der Waals surface area (Å²) in [4.78, 5) is 0. The second-order valence-corrected chi connectivity index (χ2v) is 12.8. The van der Waals surface area contributed by atoms with Crippen LogP contribution in [0, 0.1) is 52.3 Å². The highest BCUT2D eigenvalue weighted by Crippen LogP contribution is 2.68. The van der Waals surface area contributed by atoms with E-state index < -0.39 is 0 Å². The zero-order valence-electron chi connectivity index (χ0n) is 20.3. The van der Waals surface area contributed by atoms with Gasteiger partial charge >= 0.3 is 0 Å². The van der Waals surface area contributed by atoms with Crippen molar-refractivity contribution in [2.75, 3.05) is 6.61 Å². The highest BCUT2D eigenvalue weighted by molar-refractivity contribution is 5.13. The van der Waals surface area contributed by atoms with E-state index >= 15 is 0 Å². The minimum absolute atomic E-state index is 0.112. The van der Waals surface area contributed by atoms with Crippen LogP contribution in [0.25, 0.3) is 0 Å². The van der Waals surface area contributed by atoms with Crippen molar-refractivity contribution in [2.45, 2.75) is 110 Å². The zero-order valence-corrected chi connectivity index (χ0v) is 20.3. The summed E-state index contributed by atoms with van der Waals surface area (Å²) in [5, 5.41) is 42.2. The van der Waals surface area contributed by atoms with Crippen LogP contribution in [0.3, 0.4) is 0 Å². The minimum atomic E-state index is -0.287. The fourth-order valence-corrected chi connectivity index (χ4v) is 9.34. The molecule has 0 spiro atoms. The Morgan fingerprint density at radius 3 is 2.26 bits per heavy atom. The Hall–Kier alpha value is -0.160. The van der Waals surface area contributed by atoms with Gasteiger partial charge in [-0.2, -0.15) is 0 Å². The van der Waals surface area contributed by atoms with Gasteiger partial charge in [0.25, 0.3) is 0 Å². The topological polar surface area (TPSA) is 80.9 Å². The normalized spacial score (nSPS) is 51.5. The molecule has 4 fully saturated rings. The van der Waals surface area contributed by atoms with Gasteiger partial charge in [0.1, 0.15) is 0 Å². The third kappa shape index (κ3) is 4.02.